The van der Waals surface area contributed by atoms with Gasteiger partial charge in [0.2, 0.25) is 5.91 Å². The van der Waals surface area contributed by atoms with Crippen LogP contribution in [0.15, 0.2) is 88.8 Å². The van der Waals surface area contributed by atoms with E-state index >= 15 is 0 Å². The SMILES string of the molecule is O=C(CSC1=Nc2ccccc2C2=N[C@H](c3ccccc3)C(=O)N12)NCc1ccc(F)cc1. The number of halogens is 1. The quantitative estimate of drug-likeness (QED) is 0.623. The first-order valence-corrected chi connectivity index (χ1v) is 11.4. The molecule has 1 N–H and O–H groups in total. The molecule has 3 aromatic rings. The monoisotopic (exact) mass is 458 g/mol. The summed E-state index contributed by atoms with van der Waals surface area (Å²) in [5, 5.41) is 3.24. The van der Waals surface area contributed by atoms with E-state index in [1.165, 1.54) is 28.8 Å². The Hall–Kier alpha value is -3.78. The molecule has 0 bridgehead atoms. The molecule has 0 unspecified atom stereocenters. The van der Waals surface area contributed by atoms with Gasteiger partial charge in [0.25, 0.3) is 5.91 Å². The lowest BCUT2D eigenvalue weighted by atomic mass is 10.1. The highest BCUT2D eigenvalue weighted by Gasteiger charge is 2.42. The van der Waals surface area contributed by atoms with Crippen molar-refractivity contribution in [3.63, 3.8) is 0 Å². The van der Waals surface area contributed by atoms with Crippen molar-refractivity contribution in [3.8, 4) is 0 Å². The second-order valence-electron chi connectivity index (χ2n) is 7.54. The number of amidine groups is 2. The summed E-state index contributed by atoms with van der Waals surface area (Å²) >= 11 is 1.19. The minimum absolute atomic E-state index is 0.0786. The fraction of sp³-hybridized carbons (Fsp3) is 0.120. The number of benzene rings is 3. The Morgan fingerprint density at radius 3 is 2.52 bits per heavy atom. The summed E-state index contributed by atoms with van der Waals surface area (Å²) in [4.78, 5) is 36.7. The highest BCUT2D eigenvalue weighted by molar-refractivity contribution is 8.14. The largest absolute Gasteiger partial charge is 0.351 e. The first-order chi connectivity index (χ1) is 16.1. The van der Waals surface area contributed by atoms with Crippen molar-refractivity contribution >= 4 is 40.3 Å². The van der Waals surface area contributed by atoms with E-state index in [0.717, 1.165) is 16.7 Å². The van der Waals surface area contributed by atoms with Gasteiger partial charge in [0.1, 0.15) is 11.7 Å². The number of rotatable bonds is 5. The third-order valence-electron chi connectivity index (χ3n) is 5.32. The van der Waals surface area contributed by atoms with Crippen molar-refractivity contribution in [3.05, 3.63) is 101 Å². The van der Waals surface area contributed by atoms with E-state index in [1.807, 2.05) is 54.6 Å². The van der Waals surface area contributed by atoms with Crippen molar-refractivity contribution < 1.29 is 14.0 Å². The molecule has 2 aliphatic rings. The highest BCUT2D eigenvalue weighted by Crippen LogP contribution is 2.37. The number of para-hydroxylation sites is 1. The fourth-order valence-corrected chi connectivity index (χ4v) is 4.51. The van der Waals surface area contributed by atoms with Crippen LogP contribution in [0.5, 0.6) is 0 Å². The molecule has 0 radical (unpaired) electrons. The van der Waals surface area contributed by atoms with Crippen molar-refractivity contribution in [1.82, 2.24) is 10.2 Å². The van der Waals surface area contributed by atoms with Gasteiger partial charge in [-0.15, -0.1) is 0 Å². The Morgan fingerprint density at radius 1 is 1.00 bits per heavy atom. The van der Waals surface area contributed by atoms with Gasteiger partial charge in [-0.05, 0) is 35.4 Å². The van der Waals surface area contributed by atoms with Crippen LogP contribution < -0.4 is 5.32 Å². The number of carbonyl (C=O) groups is 2. The average molecular weight is 459 g/mol. The Balaban J connectivity index is 1.34. The molecule has 0 spiro atoms. The van der Waals surface area contributed by atoms with E-state index in [9.17, 15) is 14.0 Å². The number of carbonyl (C=O) groups excluding carboxylic acids is 2. The molecule has 3 aromatic carbocycles. The third kappa shape index (κ3) is 4.29. The highest BCUT2D eigenvalue weighted by atomic mass is 32.2. The predicted molar refractivity (Wildman–Crippen MR) is 127 cm³/mol. The third-order valence-corrected chi connectivity index (χ3v) is 6.26. The van der Waals surface area contributed by atoms with E-state index in [0.29, 0.717) is 23.2 Å². The minimum atomic E-state index is -0.648. The molecular weight excluding hydrogens is 439 g/mol. The Morgan fingerprint density at radius 2 is 1.73 bits per heavy atom. The van der Waals surface area contributed by atoms with Crippen molar-refractivity contribution in [2.75, 3.05) is 5.75 Å². The lowest BCUT2D eigenvalue weighted by molar-refractivity contribution is -0.124. The Kier molecular flexibility index (Phi) is 5.75. The maximum atomic E-state index is 13.3. The van der Waals surface area contributed by atoms with E-state index in [-0.39, 0.29) is 23.4 Å². The molecule has 8 heteroatoms. The van der Waals surface area contributed by atoms with Crippen molar-refractivity contribution in [1.29, 1.82) is 0 Å². The second kappa shape index (κ2) is 8.99. The molecule has 33 heavy (non-hydrogen) atoms. The Labute approximate surface area is 194 Å². The summed E-state index contributed by atoms with van der Waals surface area (Å²) in [6.45, 7) is 0.292. The van der Waals surface area contributed by atoms with Crippen LogP contribution in [0.1, 0.15) is 22.7 Å². The molecule has 6 nitrogen and oxygen atoms in total. The van der Waals surface area contributed by atoms with Gasteiger partial charge < -0.3 is 5.32 Å². The standard InChI is InChI=1S/C25H19FN4O2S/c26-18-12-10-16(11-13-18)14-27-21(31)15-33-25-28-20-9-5-4-8-19(20)23-29-22(24(32)30(23)25)17-6-2-1-3-7-17/h1-13,22H,14-15H2,(H,27,31)/t22-/m1/s1. The minimum Gasteiger partial charge on any atom is -0.351 e. The first-order valence-electron chi connectivity index (χ1n) is 10.4. The fourth-order valence-electron chi connectivity index (χ4n) is 3.68. The molecule has 2 heterocycles. The van der Waals surface area contributed by atoms with Gasteiger partial charge >= 0.3 is 0 Å². The molecule has 0 aliphatic carbocycles. The molecular formula is C25H19FN4O2S. The smallest absolute Gasteiger partial charge is 0.263 e. The number of hydrogen-bond donors (Lipinski definition) is 1. The molecule has 2 aliphatic heterocycles. The van der Waals surface area contributed by atoms with Gasteiger partial charge in [0.15, 0.2) is 11.2 Å². The lowest BCUT2D eigenvalue weighted by Gasteiger charge is -2.25. The van der Waals surface area contributed by atoms with Crippen LogP contribution in [0.25, 0.3) is 0 Å². The predicted octanol–water partition coefficient (Wildman–Crippen LogP) is 4.21. The van der Waals surface area contributed by atoms with Crippen molar-refractivity contribution in [2.24, 2.45) is 9.98 Å². The zero-order valence-corrected chi connectivity index (χ0v) is 18.3. The van der Waals surface area contributed by atoms with Gasteiger partial charge in [0, 0.05) is 12.1 Å². The summed E-state index contributed by atoms with van der Waals surface area (Å²) in [5.74, 6) is -0.0966. The molecule has 0 saturated heterocycles. The van der Waals surface area contributed by atoms with Gasteiger partial charge in [-0.3, -0.25) is 9.59 Å². The van der Waals surface area contributed by atoms with E-state index in [2.05, 4.69) is 10.3 Å². The molecule has 164 valence electrons. The van der Waals surface area contributed by atoms with Crippen LogP contribution in [0.2, 0.25) is 0 Å². The molecule has 1 atom stereocenters. The summed E-state index contributed by atoms with van der Waals surface area (Å²) < 4.78 is 13.0. The number of thioether (sulfide) groups is 1. The van der Waals surface area contributed by atoms with Gasteiger partial charge in [0.05, 0.1) is 11.4 Å². The normalized spacial score (nSPS) is 16.6. The number of hydrogen-bond acceptors (Lipinski definition) is 5. The zero-order valence-electron chi connectivity index (χ0n) is 17.4. The first kappa shape index (κ1) is 21.1. The van der Waals surface area contributed by atoms with Crippen LogP contribution in [0, 0.1) is 5.82 Å². The van der Waals surface area contributed by atoms with E-state index in [4.69, 9.17) is 4.99 Å². The summed E-state index contributed by atoms with van der Waals surface area (Å²) in [6, 6.07) is 22.2. The molecule has 0 aromatic heterocycles. The van der Waals surface area contributed by atoms with Gasteiger partial charge in [-0.1, -0.05) is 66.4 Å². The number of aliphatic imine (C=N–C) groups is 2. The van der Waals surface area contributed by atoms with Crippen LogP contribution in [-0.4, -0.2) is 33.5 Å². The summed E-state index contributed by atoms with van der Waals surface area (Å²) in [5.41, 5.74) is 3.11. The van der Waals surface area contributed by atoms with E-state index < -0.39 is 6.04 Å². The van der Waals surface area contributed by atoms with Crippen LogP contribution in [-0.2, 0) is 16.1 Å². The lowest BCUT2D eigenvalue weighted by Crippen LogP contribution is -2.40. The van der Waals surface area contributed by atoms with Crippen LogP contribution in [0.3, 0.4) is 0 Å². The summed E-state index contributed by atoms with van der Waals surface area (Å²) in [6.07, 6.45) is 0. The molecule has 2 amide bonds. The number of nitrogens with zero attached hydrogens (tertiary/aromatic N) is 3. The molecule has 0 saturated carbocycles. The maximum absolute atomic E-state index is 13.3. The topological polar surface area (TPSA) is 74.1 Å². The number of nitrogens with one attached hydrogen (secondary N) is 1. The molecule has 0 fully saturated rings. The van der Waals surface area contributed by atoms with Crippen molar-refractivity contribution in [2.45, 2.75) is 12.6 Å². The second-order valence-corrected chi connectivity index (χ2v) is 8.49. The van der Waals surface area contributed by atoms with Gasteiger partial charge in [-0.25, -0.2) is 19.3 Å². The average Bonchev–Trinajstić information content (AvgIpc) is 3.20. The number of fused-ring (bicyclic) bond motifs is 3. The van der Waals surface area contributed by atoms with E-state index in [1.54, 1.807) is 12.1 Å². The van der Waals surface area contributed by atoms with Gasteiger partial charge in [-0.2, -0.15) is 0 Å². The zero-order chi connectivity index (χ0) is 22.8. The maximum Gasteiger partial charge on any atom is 0.263 e. The summed E-state index contributed by atoms with van der Waals surface area (Å²) in [7, 11) is 0. The Bertz CT molecular complexity index is 1280. The van der Waals surface area contributed by atoms with Crippen LogP contribution >= 0.6 is 11.8 Å². The number of amides is 2. The molecule has 5 rings (SSSR count). The van der Waals surface area contributed by atoms with Crippen LogP contribution in [0.4, 0.5) is 10.1 Å².